The van der Waals surface area contributed by atoms with Crippen molar-refractivity contribution in [1.29, 1.82) is 0 Å². The third-order valence-corrected chi connectivity index (χ3v) is 3.06. The van der Waals surface area contributed by atoms with Crippen molar-refractivity contribution in [2.24, 2.45) is 5.90 Å². The Bertz CT molecular complexity index is 424. The molecule has 0 fully saturated rings. The Labute approximate surface area is 106 Å². The second-order valence-electron chi connectivity index (χ2n) is 3.40. The van der Waals surface area contributed by atoms with Crippen LogP contribution in [0.1, 0.15) is 18.9 Å². The third-order valence-electron chi connectivity index (χ3n) is 2.57. The molecule has 0 aliphatic carbocycles. The summed E-state index contributed by atoms with van der Waals surface area (Å²) in [7, 11) is 0. The average Bonchev–Trinajstić information content (AvgIpc) is 2.33. The van der Waals surface area contributed by atoms with E-state index in [1.165, 1.54) is 12.1 Å². The predicted molar refractivity (Wildman–Crippen MR) is 61.3 cm³/mol. The lowest BCUT2D eigenvalue weighted by atomic mass is 9.88. The van der Waals surface area contributed by atoms with Gasteiger partial charge < -0.3 is 10.0 Å². The summed E-state index contributed by atoms with van der Waals surface area (Å²) in [5.41, 5.74) is 0.0333. The molecule has 0 amide bonds. The van der Waals surface area contributed by atoms with Crippen LogP contribution < -0.4 is 11.4 Å². The maximum absolute atomic E-state index is 13.8. The van der Waals surface area contributed by atoms with Crippen LogP contribution >= 0.6 is 15.9 Å². The largest absolute Gasteiger partial charge is 0.372 e. The molecule has 1 atom stereocenters. The van der Waals surface area contributed by atoms with Gasteiger partial charge in [-0.1, -0.05) is 28.9 Å². The number of rotatable bonds is 4. The Morgan fingerprint density at radius 1 is 1.71 bits per heavy atom. The molecule has 1 aromatic rings. The van der Waals surface area contributed by atoms with Crippen molar-refractivity contribution in [2.45, 2.75) is 18.9 Å². The third kappa shape index (κ3) is 2.47. The van der Waals surface area contributed by atoms with Gasteiger partial charge in [0.1, 0.15) is 5.82 Å². The Morgan fingerprint density at radius 2 is 2.35 bits per heavy atom. The lowest BCUT2D eigenvalue weighted by Crippen LogP contribution is -2.49. The molecule has 94 valence electrons. The number of carbonyl (C=O) groups is 1. The van der Waals surface area contributed by atoms with E-state index in [9.17, 15) is 9.18 Å². The van der Waals surface area contributed by atoms with Gasteiger partial charge in [-0.3, -0.25) is 0 Å². The summed E-state index contributed by atoms with van der Waals surface area (Å²) in [6, 6.07) is 4.09. The van der Waals surface area contributed by atoms with E-state index in [1.54, 1.807) is 18.5 Å². The number of hydrogen-bond acceptors (Lipinski definition) is 5. The van der Waals surface area contributed by atoms with E-state index in [1.807, 2.05) is 0 Å². The van der Waals surface area contributed by atoms with Crippen LogP contribution in [0.5, 0.6) is 0 Å². The lowest BCUT2D eigenvalue weighted by Gasteiger charge is -2.28. The molecule has 7 heteroatoms. The van der Waals surface area contributed by atoms with Gasteiger partial charge in [-0.25, -0.2) is 9.18 Å². The molecule has 0 spiro atoms. The van der Waals surface area contributed by atoms with Gasteiger partial charge in [0.2, 0.25) is 0 Å². The zero-order chi connectivity index (χ0) is 13.1. The van der Waals surface area contributed by atoms with Gasteiger partial charge in [-0.15, -0.1) is 0 Å². The lowest BCUT2D eigenvalue weighted by molar-refractivity contribution is -0.158. The van der Waals surface area contributed by atoms with E-state index < -0.39 is 17.3 Å². The van der Waals surface area contributed by atoms with Crippen molar-refractivity contribution < 1.29 is 19.2 Å². The zero-order valence-electron chi connectivity index (χ0n) is 9.04. The quantitative estimate of drug-likeness (QED) is 0.736. The number of carbonyl (C=O) groups excluding carboxylic acids is 1. The highest BCUT2D eigenvalue weighted by Gasteiger charge is 2.42. The minimum atomic E-state index is -1.71. The van der Waals surface area contributed by atoms with Crippen LogP contribution in [0, 0.1) is 5.82 Å². The van der Waals surface area contributed by atoms with E-state index >= 15 is 0 Å². The van der Waals surface area contributed by atoms with Gasteiger partial charge in [0.15, 0.2) is 5.54 Å². The predicted octanol–water partition coefficient (Wildman–Crippen LogP) is 1.59. The average molecular weight is 307 g/mol. The molecule has 1 unspecified atom stereocenters. The van der Waals surface area contributed by atoms with Gasteiger partial charge >= 0.3 is 5.97 Å². The highest BCUT2D eigenvalue weighted by Crippen LogP contribution is 2.29. The fourth-order valence-corrected chi connectivity index (χ4v) is 1.90. The molecular weight excluding hydrogens is 295 g/mol. The smallest absolute Gasteiger partial charge is 0.351 e. The molecule has 0 aromatic heterocycles. The number of benzene rings is 1. The van der Waals surface area contributed by atoms with Crippen LogP contribution in [0.4, 0.5) is 4.39 Å². The SMILES string of the molecule is CCC(NO)(C(=O)ON)c1ccc(Br)cc1F. The summed E-state index contributed by atoms with van der Waals surface area (Å²) in [5.74, 6) is 3.17. The van der Waals surface area contributed by atoms with Crippen LogP contribution in [0.15, 0.2) is 22.7 Å². The minimum absolute atomic E-state index is 0.0406. The zero-order valence-corrected chi connectivity index (χ0v) is 10.6. The number of nitrogens with one attached hydrogen (secondary N) is 1. The summed E-state index contributed by atoms with van der Waals surface area (Å²) in [4.78, 5) is 15.7. The Morgan fingerprint density at radius 3 is 2.76 bits per heavy atom. The summed E-state index contributed by atoms with van der Waals surface area (Å²) in [6.45, 7) is 1.58. The van der Waals surface area contributed by atoms with E-state index in [4.69, 9.17) is 11.1 Å². The summed E-state index contributed by atoms with van der Waals surface area (Å²) >= 11 is 3.10. The topological polar surface area (TPSA) is 84.6 Å². The van der Waals surface area contributed by atoms with Crippen molar-refractivity contribution >= 4 is 21.9 Å². The Kier molecular flexibility index (Phi) is 4.58. The van der Waals surface area contributed by atoms with Gasteiger partial charge in [-0.05, 0) is 18.6 Å². The monoisotopic (exact) mass is 306 g/mol. The molecule has 0 aliphatic rings. The maximum atomic E-state index is 13.8. The fourth-order valence-electron chi connectivity index (χ4n) is 1.57. The van der Waals surface area contributed by atoms with Gasteiger partial charge in [0.05, 0.1) is 0 Å². The number of nitrogens with two attached hydrogens (primary N) is 1. The van der Waals surface area contributed by atoms with Crippen LogP contribution in [-0.2, 0) is 15.2 Å². The first-order valence-electron chi connectivity index (χ1n) is 4.79. The van der Waals surface area contributed by atoms with Crippen LogP contribution in [-0.4, -0.2) is 11.2 Å². The molecule has 4 N–H and O–H groups in total. The van der Waals surface area contributed by atoms with Crippen molar-refractivity contribution in [2.75, 3.05) is 0 Å². The van der Waals surface area contributed by atoms with Crippen LogP contribution in [0.25, 0.3) is 0 Å². The Hall–Kier alpha value is -1.02. The molecule has 17 heavy (non-hydrogen) atoms. The normalized spacial score (nSPS) is 14.2. The van der Waals surface area contributed by atoms with Crippen molar-refractivity contribution in [3.63, 3.8) is 0 Å². The first-order chi connectivity index (χ1) is 8.01. The standard InChI is InChI=1S/C10H12BrFN2O3/c1-2-10(14-16,9(15)17-13)7-4-3-6(11)5-8(7)12/h3-5,14,16H,2,13H2,1H3. The van der Waals surface area contributed by atoms with Crippen molar-refractivity contribution in [3.8, 4) is 0 Å². The molecular formula is C10H12BrFN2O3. The first kappa shape index (κ1) is 14.0. The van der Waals surface area contributed by atoms with E-state index in [0.29, 0.717) is 4.47 Å². The molecule has 0 radical (unpaired) electrons. The number of halogens is 2. The highest BCUT2D eigenvalue weighted by molar-refractivity contribution is 9.10. The van der Waals surface area contributed by atoms with Gasteiger partial charge in [0, 0.05) is 10.0 Å². The molecule has 0 heterocycles. The molecule has 0 bridgehead atoms. The van der Waals surface area contributed by atoms with E-state index in [0.717, 1.165) is 0 Å². The molecule has 1 aromatic carbocycles. The van der Waals surface area contributed by atoms with Gasteiger partial charge in [0.25, 0.3) is 0 Å². The van der Waals surface area contributed by atoms with Crippen LogP contribution in [0.2, 0.25) is 0 Å². The summed E-state index contributed by atoms with van der Waals surface area (Å²) < 4.78 is 14.3. The van der Waals surface area contributed by atoms with Gasteiger partial charge in [-0.2, -0.15) is 11.4 Å². The first-order valence-corrected chi connectivity index (χ1v) is 5.59. The van der Waals surface area contributed by atoms with Crippen molar-refractivity contribution in [1.82, 2.24) is 5.48 Å². The minimum Gasteiger partial charge on any atom is -0.372 e. The van der Waals surface area contributed by atoms with Crippen molar-refractivity contribution in [3.05, 3.63) is 34.1 Å². The Balaban J connectivity index is 3.36. The molecule has 0 aliphatic heterocycles. The molecule has 1 rings (SSSR count). The summed E-state index contributed by atoms with van der Waals surface area (Å²) in [5, 5.41) is 9.14. The highest BCUT2D eigenvalue weighted by atomic mass is 79.9. The van der Waals surface area contributed by atoms with Crippen LogP contribution in [0.3, 0.4) is 0 Å². The summed E-state index contributed by atoms with van der Waals surface area (Å²) in [6.07, 6.45) is 0.0675. The number of hydroxylamine groups is 1. The van der Waals surface area contributed by atoms with E-state index in [2.05, 4.69) is 20.8 Å². The second-order valence-corrected chi connectivity index (χ2v) is 4.32. The van der Waals surface area contributed by atoms with E-state index in [-0.39, 0.29) is 12.0 Å². The molecule has 5 nitrogen and oxygen atoms in total. The maximum Gasteiger partial charge on any atom is 0.351 e. The second kappa shape index (κ2) is 5.54. The fraction of sp³-hybridized carbons (Fsp3) is 0.300. The molecule has 0 saturated carbocycles. The number of hydrogen-bond donors (Lipinski definition) is 3. The molecule has 0 saturated heterocycles.